The molecule has 1 heterocycles. The van der Waals surface area contributed by atoms with Crippen molar-refractivity contribution < 1.29 is 14.4 Å². The first-order chi connectivity index (χ1) is 14.5. The van der Waals surface area contributed by atoms with Gasteiger partial charge in [0.25, 0.3) is 0 Å². The molecule has 30 heavy (non-hydrogen) atoms. The van der Waals surface area contributed by atoms with E-state index in [2.05, 4.69) is 10.6 Å². The van der Waals surface area contributed by atoms with Gasteiger partial charge in [0.15, 0.2) is 0 Å². The molecule has 1 aliphatic rings. The molecule has 8 nitrogen and oxygen atoms in total. The van der Waals surface area contributed by atoms with Crippen LogP contribution in [0.25, 0.3) is 11.3 Å². The fraction of sp³-hybridized carbons (Fsp3) is 0.455. The lowest BCUT2D eigenvalue weighted by molar-refractivity contribution is -0.130. The molecular formula is C22H29N5O3. The summed E-state index contributed by atoms with van der Waals surface area (Å²) in [4.78, 5) is 36.0. The lowest BCUT2D eigenvalue weighted by Gasteiger charge is -2.24. The number of carbonyl (C=O) groups excluding carboxylic acids is 3. The Morgan fingerprint density at radius 3 is 2.50 bits per heavy atom. The van der Waals surface area contributed by atoms with Crippen molar-refractivity contribution in [3.8, 4) is 11.3 Å². The Balaban J connectivity index is 1.82. The first kappa shape index (κ1) is 21.5. The van der Waals surface area contributed by atoms with Crippen molar-refractivity contribution >= 4 is 17.7 Å². The summed E-state index contributed by atoms with van der Waals surface area (Å²) in [5.74, 6) is -1.45. The van der Waals surface area contributed by atoms with Gasteiger partial charge in [0.1, 0.15) is 6.04 Å². The summed E-state index contributed by atoms with van der Waals surface area (Å²) in [6, 6.07) is 11.1. The predicted octanol–water partition coefficient (Wildman–Crippen LogP) is 1.70. The van der Waals surface area contributed by atoms with E-state index >= 15 is 0 Å². The zero-order valence-electron chi connectivity index (χ0n) is 17.3. The number of rotatable bonds is 8. The quantitative estimate of drug-likeness (QED) is 0.612. The van der Waals surface area contributed by atoms with Crippen LogP contribution in [0.1, 0.15) is 50.3 Å². The van der Waals surface area contributed by atoms with Crippen molar-refractivity contribution in [2.75, 3.05) is 7.05 Å². The van der Waals surface area contributed by atoms with Crippen LogP contribution in [0.15, 0.2) is 36.4 Å². The molecule has 0 unspecified atom stereocenters. The molecule has 4 N–H and O–H groups in total. The number of primary amides is 1. The summed E-state index contributed by atoms with van der Waals surface area (Å²) < 4.78 is 1.98. The largest absolute Gasteiger partial charge is 0.370 e. The van der Waals surface area contributed by atoms with E-state index in [1.54, 1.807) is 0 Å². The third kappa shape index (κ3) is 5.46. The van der Waals surface area contributed by atoms with Crippen molar-refractivity contribution in [3.05, 3.63) is 42.1 Å². The molecule has 1 saturated carbocycles. The highest BCUT2D eigenvalue weighted by Gasteiger charge is 2.25. The fourth-order valence-electron chi connectivity index (χ4n) is 3.95. The molecule has 1 fully saturated rings. The van der Waals surface area contributed by atoms with Gasteiger partial charge in [-0.2, -0.15) is 5.10 Å². The van der Waals surface area contributed by atoms with E-state index in [9.17, 15) is 14.4 Å². The van der Waals surface area contributed by atoms with E-state index in [1.807, 2.05) is 41.1 Å². The van der Waals surface area contributed by atoms with Crippen LogP contribution in [0.4, 0.5) is 0 Å². The third-order valence-electron chi connectivity index (χ3n) is 5.45. The molecule has 8 heteroatoms. The second kappa shape index (κ2) is 10.0. The highest BCUT2D eigenvalue weighted by Crippen LogP contribution is 2.31. The zero-order valence-corrected chi connectivity index (χ0v) is 17.3. The molecule has 0 bridgehead atoms. The number of hydrogen-bond acceptors (Lipinski definition) is 4. The lowest BCUT2D eigenvalue weighted by atomic mass is 9.95. The lowest BCUT2D eigenvalue weighted by Crippen LogP contribution is -2.48. The van der Waals surface area contributed by atoms with Crippen LogP contribution in [0.5, 0.6) is 0 Å². The summed E-state index contributed by atoms with van der Waals surface area (Å²) >= 11 is 0. The van der Waals surface area contributed by atoms with Gasteiger partial charge in [-0.3, -0.25) is 19.1 Å². The van der Waals surface area contributed by atoms with Crippen LogP contribution < -0.4 is 16.4 Å². The number of benzene rings is 1. The molecule has 1 aromatic carbocycles. The zero-order chi connectivity index (χ0) is 21.5. The minimum absolute atomic E-state index is 0.0720. The minimum atomic E-state index is -0.986. The van der Waals surface area contributed by atoms with Gasteiger partial charge in [-0.15, -0.1) is 0 Å². The number of nitrogens with one attached hydrogen (secondary N) is 2. The first-order valence-electron chi connectivity index (χ1n) is 10.4. The van der Waals surface area contributed by atoms with E-state index in [0.29, 0.717) is 0 Å². The van der Waals surface area contributed by atoms with Gasteiger partial charge < -0.3 is 16.4 Å². The number of nitrogens with two attached hydrogens (primary N) is 1. The van der Waals surface area contributed by atoms with Gasteiger partial charge in [0, 0.05) is 18.3 Å². The van der Waals surface area contributed by atoms with Crippen molar-refractivity contribution in [1.82, 2.24) is 20.4 Å². The van der Waals surface area contributed by atoms with Crippen LogP contribution in [0.2, 0.25) is 0 Å². The summed E-state index contributed by atoms with van der Waals surface area (Å²) in [5, 5.41) is 9.90. The van der Waals surface area contributed by atoms with E-state index < -0.39 is 17.9 Å². The van der Waals surface area contributed by atoms with Crippen LogP contribution in [-0.4, -0.2) is 40.6 Å². The SMILES string of the molecule is CNC(=O)[C@H](CC(N)=O)NC(=O)Cc1cc(-c2ccccc2)nn1C1CCCCC1. The molecule has 3 amide bonds. The molecule has 1 aromatic heterocycles. The van der Waals surface area contributed by atoms with Crippen molar-refractivity contribution in [1.29, 1.82) is 0 Å². The van der Waals surface area contributed by atoms with Crippen LogP contribution in [-0.2, 0) is 20.8 Å². The van der Waals surface area contributed by atoms with Gasteiger partial charge >= 0.3 is 0 Å². The smallest absolute Gasteiger partial charge is 0.242 e. The van der Waals surface area contributed by atoms with Crippen molar-refractivity contribution in [2.45, 2.75) is 57.0 Å². The molecule has 1 atom stereocenters. The second-order valence-electron chi connectivity index (χ2n) is 7.70. The van der Waals surface area contributed by atoms with E-state index in [-0.39, 0.29) is 24.8 Å². The molecule has 0 radical (unpaired) electrons. The van der Waals surface area contributed by atoms with Crippen LogP contribution >= 0.6 is 0 Å². The Hall–Kier alpha value is -3.16. The molecule has 1 aliphatic carbocycles. The Morgan fingerprint density at radius 1 is 1.17 bits per heavy atom. The van der Waals surface area contributed by atoms with Crippen molar-refractivity contribution in [3.63, 3.8) is 0 Å². The van der Waals surface area contributed by atoms with Gasteiger partial charge in [-0.25, -0.2) is 0 Å². The first-order valence-corrected chi connectivity index (χ1v) is 10.4. The monoisotopic (exact) mass is 411 g/mol. The Morgan fingerprint density at radius 2 is 1.87 bits per heavy atom. The van der Waals surface area contributed by atoms with E-state index in [0.717, 1.165) is 42.6 Å². The average Bonchev–Trinajstić information content (AvgIpc) is 3.17. The molecule has 160 valence electrons. The maximum absolute atomic E-state index is 12.7. The molecular weight excluding hydrogens is 382 g/mol. The Bertz CT molecular complexity index is 887. The van der Waals surface area contributed by atoms with E-state index in [4.69, 9.17) is 10.8 Å². The number of amides is 3. The average molecular weight is 412 g/mol. The third-order valence-corrected chi connectivity index (χ3v) is 5.45. The molecule has 3 rings (SSSR count). The number of aromatic nitrogens is 2. The minimum Gasteiger partial charge on any atom is -0.370 e. The number of hydrogen-bond donors (Lipinski definition) is 3. The van der Waals surface area contributed by atoms with Crippen LogP contribution in [0.3, 0.4) is 0 Å². The van der Waals surface area contributed by atoms with Gasteiger partial charge in [-0.1, -0.05) is 49.6 Å². The number of likely N-dealkylation sites (N-methyl/N-ethyl adjacent to an activating group) is 1. The number of nitrogens with zero attached hydrogens (tertiary/aromatic N) is 2. The van der Waals surface area contributed by atoms with Crippen molar-refractivity contribution in [2.24, 2.45) is 5.73 Å². The highest BCUT2D eigenvalue weighted by atomic mass is 16.2. The normalized spacial score (nSPS) is 15.4. The predicted molar refractivity (Wildman–Crippen MR) is 113 cm³/mol. The molecule has 0 aliphatic heterocycles. The van der Waals surface area contributed by atoms with E-state index in [1.165, 1.54) is 13.5 Å². The second-order valence-corrected chi connectivity index (χ2v) is 7.70. The molecule has 0 saturated heterocycles. The maximum atomic E-state index is 12.7. The maximum Gasteiger partial charge on any atom is 0.242 e. The summed E-state index contributed by atoms with van der Waals surface area (Å²) in [6.07, 6.45) is 5.41. The Labute approximate surface area is 176 Å². The summed E-state index contributed by atoms with van der Waals surface area (Å²) in [5.41, 5.74) is 7.83. The molecule has 0 spiro atoms. The van der Waals surface area contributed by atoms with Gasteiger partial charge in [0.2, 0.25) is 17.7 Å². The summed E-state index contributed by atoms with van der Waals surface area (Å²) in [6.45, 7) is 0. The molecule has 2 aromatic rings. The van der Waals surface area contributed by atoms with Gasteiger partial charge in [-0.05, 0) is 18.9 Å². The number of carbonyl (C=O) groups is 3. The summed E-state index contributed by atoms with van der Waals surface area (Å²) in [7, 11) is 1.45. The highest BCUT2D eigenvalue weighted by molar-refractivity contribution is 5.92. The van der Waals surface area contributed by atoms with Crippen LogP contribution in [0, 0.1) is 0 Å². The standard InChI is InChI=1S/C22H29N5O3/c1-24-22(30)19(14-20(23)28)25-21(29)13-17-12-18(15-8-4-2-5-9-15)26-27(17)16-10-6-3-7-11-16/h2,4-5,8-9,12,16,19H,3,6-7,10-11,13-14H2,1H3,(H2,23,28)(H,24,30)(H,25,29)/t19-/m0/s1. The van der Waals surface area contributed by atoms with Gasteiger partial charge in [0.05, 0.1) is 24.6 Å². The topological polar surface area (TPSA) is 119 Å². The Kier molecular flexibility index (Phi) is 7.21. The fourth-order valence-corrected chi connectivity index (χ4v) is 3.95.